The lowest BCUT2D eigenvalue weighted by atomic mass is 10.2. The van der Waals surface area contributed by atoms with Gasteiger partial charge in [0, 0.05) is 18.8 Å². The van der Waals surface area contributed by atoms with Gasteiger partial charge in [-0.15, -0.1) is 0 Å². The molecule has 1 atom stereocenters. The van der Waals surface area contributed by atoms with E-state index in [-0.39, 0.29) is 0 Å². The second-order valence-electron chi connectivity index (χ2n) is 4.25. The second-order valence-corrected chi connectivity index (χ2v) is 6.05. The van der Waals surface area contributed by atoms with Crippen molar-refractivity contribution in [2.24, 2.45) is 0 Å². The van der Waals surface area contributed by atoms with Crippen LogP contribution in [0.25, 0.3) is 5.65 Å². The quantitative estimate of drug-likeness (QED) is 0.885. The van der Waals surface area contributed by atoms with Crippen LogP contribution < -0.4 is 5.32 Å². The van der Waals surface area contributed by atoms with Crippen molar-refractivity contribution in [2.75, 3.05) is 12.0 Å². The van der Waals surface area contributed by atoms with E-state index in [0.29, 0.717) is 6.04 Å². The molecule has 1 N–H and O–H groups in total. The number of nitrogens with one attached hydrogen (secondary N) is 1. The number of halogens is 1. The number of hydrogen-bond donors (Lipinski definition) is 1. The highest BCUT2D eigenvalue weighted by Crippen LogP contribution is 2.11. The van der Waals surface area contributed by atoms with Crippen LogP contribution in [-0.2, 0) is 6.54 Å². The monoisotopic (exact) mass is 328 g/mol. The fraction of sp³-hybridized carbons (Fsp3) is 0.500. The smallest absolute Gasteiger partial charge is 0.155 e. The number of nitrogens with zero attached hydrogens (tertiary/aromatic N) is 3. The van der Waals surface area contributed by atoms with Crippen molar-refractivity contribution < 1.29 is 0 Å². The topological polar surface area (TPSA) is 42.2 Å². The molecule has 0 fully saturated rings. The molecule has 0 aliphatic carbocycles. The van der Waals surface area contributed by atoms with Crippen molar-refractivity contribution in [1.29, 1.82) is 0 Å². The molecular weight excluding hydrogens is 312 g/mol. The molecule has 6 heteroatoms. The van der Waals surface area contributed by atoms with Gasteiger partial charge in [0.1, 0.15) is 4.60 Å². The minimum atomic E-state index is 0.522. The van der Waals surface area contributed by atoms with Gasteiger partial charge in [-0.1, -0.05) is 0 Å². The summed E-state index contributed by atoms with van der Waals surface area (Å²) in [5.74, 6) is 1.19. The highest BCUT2D eigenvalue weighted by atomic mass is 79.9. The number of rotatable bonds is 6. The van der Waals surface area contributed by atoms with Crippen molar-refractivity contribution in [1.82, 2.24) is 19.7 Å². The zero-order valence-corrected chi connectivity index (χ0v) is 13.0. The third-order valence-corrected chi connectivity index (χ3v) is 3.88. The molecule has 0 aliphatic rings. The summed E-state index contributed by atoms with van der Waals surface area (Å²) in [6.07, 6.45) is 8.94. The second kappa shape index (κ2) is 6.54. The minimum Gasteiger partial charge on any atom is -0.309 e. The van der Waals surface area contributed by atoms with Crippen LogP contribution in [0.5, 0.6) is 0 Å². The lowest BCUT2D eigenvalue weighted by Gasteiger charge is -2.12. The molecule has 4 nitrogen and oxygen atoms in total. The first kappa shape index (κ1) is 13.8. The number of imidazole rings is 1. The van der Waals surface area contributed by atoms with Crippen LogP contribution in [0.15, 0.2) is 23.2 Å². The van der Waals surface area contributed by atoms with Crippen molar-refractivity contribution in [3.05, 3.63) is 28.9 Å². The maximum absolute atomic E-state index is 4.34. The van der Waals surface area contributed by atoms with E-state index in [0.717, 1.165) is 22.5 Å². The molecule has 0 saturated carbocycles. The largest absolute Gasteiger partial charge is 0.309 e. The number of thioether (sulfide) groups is 1. The van der Waals surface area contributed by atoms with Gasteiger partial charge in [0.25, 0.3) is 0 Å². The molecule has 0 saturated heterocycles. The summed E-state index contributed by atoms with van der Waals surface area (Å²) in [4.78, 5) is 8.50. The molecule has 1 unspecified atom stereocenters. The van der Waals surface area contributed by atoms with E-state index >= 15 is 0 Å². The summed E-state index contributed by atoms with van der Waals surface area (Å²) in [5.41, 5.74) is 2.04. The van der Waals surface area contributed by atoms with E-state index in [9.17, 15) is 0 Å². The molecule has 2 aromatic rings. The summed E-state index contributed by atoms with van der Waals surface area (Å²) in [7, 11) is 0. The molecule has 0 aliphatic heterocycles. The summed E-state index contributed by atoms with van der Waals surface area (Å²) in [6.45, 7) is 3.05. The highest BCUT2D eigenvalue weighted by molar-refractivity contribution is 9.10. The van der Waals surface area contributed by atoms with Gasteiger partial charge in [-0.25, -0.2) is 9.97 Å². The van der Waals surface area contributed by atoms with Crippen LogP contribution in [0.1, 0.15) is 19.0 Å². The Kier molecular flexibility index (Phi) is 5.03. The van der Waals surface area contributed by atoms with Gasteiger partial charge in [-0.2, -0.15) is 11.8 Å². The Hall–Kier alpha value is -0.590. The Bertz CT molecular complexity index is 514. The van der Waals surface area contributed by atoms with Gasteiger partial charge in [-0.05, 0) is 41.3 Å². The van der Waals surface area contributed by atoms with Crippen molar-refractivity contribution in [3.8, 4) is 0 Å². The Morgan fingerprint density at radius 1 is 1.44 bits per heavy atom. The molecule has 2 heterocycles. The SMILES string of the molecule is CSCCC(C)NCc1cnc2cnc(Br)cn12. The predicted molar refractivity (Wildman–Crippen MR) is 80.0 cm³/mol. The molecule has 0 radical (unpaired) electrons. The van der Waals surface area contributed by atoms with Gasteiger partial charge in [0.2, 0.25) is 0 Å². The van der Waals surface area contributed by atoms with Gasteiger partial charge < -0.3 is 5.32 Å². The van der Waals surface area contributed by atoms with Crippen LogP contribution >= 0.6 is 27.7 Å². The van der Waals surface area contributed by atoms with Crippen LogP contribution in [0.2, 0.25) is 0 Å². The highest BCUT2D eigenvalue weighted by Gasteiger charge is 2.06. The van der Waals surface area contributed by atoms with E-state index in [4.69, 9.17) is 0 Å². The Morgan fingerprint density at radius 2 is 2.28 bits per heavy atom. The molecule has 0 bridgehead atoms. The maximum Gasteiger partial charge on any atom is 0.155 e. The van der Waals surface area contributed by atoms with Gasteiger partial charge >= 0.3 is 0 Å². The summed E-state index contributed by atoms with van der Waals surface area (Å²) in [5, 5.41) is 3.52. The molecule has 0 amide bonds. The molecular formula is C12H17BrN4S. The Balaban J connectivity index is 2.01. The predicted octanol–water partition coefficient (Wildman–Crippen LogP) is 2.72. The Labute approximate surface area is 120 Å². The van der Waals surface area contributed by atoms with E-state index < -0.39 is 0 Å². The number of aromatic nitrogens is 3. The molecule has 0 aromatic carbocycles. The van der Waals surface area contributed by atoms with Gasteiger partial charge in [0.05, 0.1) is 18.1 Å². The van der Waals surface area contributed by atoms with Gasteiger partial charge in [0.15, 0.2) is 5.65 Å². The van der Waals surface area contributed by atoms with Gasteiger partial charge in [-0.3, -0.25) is 4.40 Å². The number of hydrogen-bond acceptors (Lipinski definition) is 4. The van der Waals surface area contributed by atoms with E-state index in [1.807, 2.05) is 24.2 Å². The van der Waals surface area contributed by atoms with E-state index in [1.165, 1.54) is 12.2 Å². The zero-order chi connectivity index (χ0) is 13.0. The maximum atomic E-state index is 4.34. The fourth-order valence-corrected chi connectivity index (χ4v) is 2.62. The summed E-state index contributed by atoms with van der Waals surface area (Å²) in [6, 6.07) is 0.522. The molecule has 2 aromatic heterocycles. The average molecular weight is 329 g/mol. The van der Waals surface area contributed by atoms with Crippen LogP contribution in [-0.4, -0.2) is 32.4 Å². The summed E-state index contributed by atoms with van der Waals surface area (Å²) < 4.78 is 2.88. The third kappa shape index (κ3) is 3.46. The van der Waals surface area contributed by atoms with Crippen LogP contribution in [0, 0.1) is 0 Å². The molecule has 2 rings (SSSR count). The van der Waals surface area contributed by atoms with Crippen LogP contribution in [0.4, 0.5) is 0 Å². The van der Waals surface area contributed by atoms with Crippen molar-refractivity contribution in [2.45, 2.75) is 25.9 Å². The summed E-state index contributed by atoms with van der Waals surface area (Å²) >= 11 is 5.27. The average Bonchev–Trinajstić information content (AvgIpc) is 2.76. The molecule has 18 heavy (non-hydrogen) atoms. The molecule has 0 spiro atoms. The molecule has 98 valence electrons. The Morgan fingerprint density at radius 3 is 3.06 bits per heavy atom. The van der Waals surface area contributed by atoms with E-state index in [1.54, 1.807) is 6.20 Å². The van der Waals surface area contributed by atoms with Crippen LogP contribution in [0.3, 0.4) is 0 Å². The van der Waals surface area contributed by atoms with Crippen molar-refractivity contribution in [3.63, 3.8) is 0 Å². The lowest BCUT2D eigenvalue weighted by molar-refractivity contribution is 0.531. The first-order valence-electron chi connectivity index (χ1n) is 5.90. The normalized spacial score (nSPS) is 13.1. The zero-order valence-electron chi connectivity index (χ0n) is 10.6. The standard InChI is InChI=1S/C12H17BrN4S/c1-9(3-4-18-2)14-5-10-6-16-12-7-15-11(13)8-17(10)12/h6-9,14H,3-5H2,1-2H3. The first-order valence-corrected chi connectivity index (χ1v) is 8.09. The van der Waals surface area contributed by atoms with E-state index in [2.05, 4.69) is 48.8 Å². The number of fused-ring (bicyclic) bond motifs is 1. The van der Waals surface area contributed by atoms with Crippen molar-refractivity contribution >= 4 is 33.3 Å². The first-order chi connectivity index (χ1) is 8.70. The fourth-order valence-electron chi connectivity index (χ4n) is 1.72. The minimum absolute atomic E-state index is 0.522. The third-order valence-electron chi connectivity index (χ3n) is 2.83. The lowest BCUT2D eigenvalue weighted by Crippen LogP contribution is -2.26.